The number of nitrogens with zero attached hydrogens (tertiary/aromatic N) is 2. The Kier molecular flexibility index (Phi) is 7.70. The molecule has 0 radical (unpaired) electrons. The van der Waals surface area contributed by atoms with Gasteiger partial charge in [0.05, 0.1) is 17.6 Å². The summed E-state index contributed by atoms with van der Waals surface area (Å²) in [5.74, 6) is -0.299. The van der Waals surface area contributed by atoms with Crippen molar-refractivity contribution in [2.24, 2.45) is 0 Å². The fraction of sp³-hybridized carbons (Fsp3) is 0.579. The molecule has 0 unspecified atom stereocenters. The number of nitriles is 1. The molecular formula is C19H27ClN4O3S. The molecule has 2 rings (SSSR count). The molecule has 9 heteroatoms. The van der Waals surface area contributed by atoms with Gasteiger partial charge in [-0.2, -0.15) is 9.57 Å². The minimum atomic E-state index is -3.71. The lowest BCUT2D eigenvalue weighted by Crippen LogP contribution is -2.50. The maximum atomic E-state index is 12.7. The predicted molar refractivity (Wildman–Crippen MR) is 110 cm³/mol. The topological polar surface area (TPSA) is 102 Å². The molecule has 0 bridgehead atoms. The molecular weight excluding hydrogens is 400 g/mol. The maximum absolute atomic E-state index is 12.7. The third kappa shape index (κ3) is 5.16. The molecule has 0 aromatic heterocycles. The van der Waals surface area contributed by atoms with Crippen LogP contribution in [0.1, 0.15) is 46.0 Å². The van der Waals surface area contributed by atoms with Gasteiger partial charge in [0.15, 0.2) is 0 Å². The molecule has 0 aliphatic heterocycles. The number of benzene rings is 1. The van der Waals surface area contributed by atoms with Crippen LogP contribution in [0.5, 0.6) is 0 Å². The molecule has 0 atom stereocenters. The second-order valence-corrected chi connectivity index (χ2v) is 9.20. The Morgan fingerprint density at radius 3 is 2.46 bits per heavy atom. The van der Waals surface area contributed by atoms with Gasteiger partial charge < -0.3 is 10.6 Å². The number of halogens is 1. The van der Waals surface area contributed by atoms with Crippen LogP contribution in [0, 0.1) is 11.3 Å². The predicted octanol–water partition coefficient (Wildman–Crippen LogP) is 3.13. The van der Waals surface area contributed by atoms with E-state index in [1.807, 2.05) is 0 Å². The van der Waals surface area contributed by atoms with Gasteiger partial charge in [0.2, 0.25) is 15.9 Å². The Labute approximate surface area is 172 Å². The third-order valence-corrected chi connectivity index (χ3v) is 7.54. The molecule has 7 nitrogen and oxygen atoms in total. The van der Waals surface area contributed by atoms with E-state index in [-0.39, 0.29) is 22.4 Å². The van der Waals surface area contributed by atoms with Crippen molar-refractivity contribution in [3.63, 3.8) is 0 Å². The van der Waals surface area contributed by atoms with Gasteiger partial charge in [-0.1, -0.05) is 44.7 Å². The van der Waals surface area contributed by atoms with Gasteiger partial charge in [0, 0.05) is 18.8 Å². The highest BCUT2D eigenvalue weighted by molar-refractivity contribution is 7.89. The first-order chi connectivity index (χ1) is 13.3. The average Bonchev–Trinajstić information content (AvgIpc) is 2.68. The van der Waals surface area contributed by atoms with Gasteiger partial charge in [-0.3, -0.25) is 4.79 Å². The molecule has 1 amide bonds. The molecule has 1 aromatic carbocycles. The summed E-state index contributed by atoms with van der Waals surface area (Å²) in [6.07, 6.45) is 4.23. The van der Waals surface area contributed by atoms with Crippen LogP contribution in [0.4, 0.5) is 5.69 Å². The van der Waals surface area contributed by atoms with Gasteiger partial charge in [0.25, 0.3) is 0 Å². The second kappa shape index (κ2) is 9.59. The van der Waals surface area contributed by atoms with E-state index in [0.717, 1.165) is 19.3 Å². The molecule has 1 aromatic rings. The zero-order valence-corrected chi connectivity index (χ0v) is 17.9. The largest absolute Gasteiger partial charge is 0.376 e. The highest BCUT2D eigenvalue weighted by Crippen LogP contribution is 2.29. The highest BCUT2D eigenvalue weighted by atomic mass is 35.5. The van der Waals surface area contributed by atoms with E-state index in [0.29, 0.717) is 31.6 Å². The number of nitrogens with one attached hydrogen (secondary N) is 2. The zero-order chi connectivity index (χ0) is 20.8. The quantitative estimate of drug-likeness (QED) is 0.664. The standard InChI is InChI=1S/C19H27ClN4O3S/c1-3-24(4-2)28(26,27)17-12-15(8-9-16(17)20)22-13-18(25)23-19(14-21)10-6-5-7-11-19/h8-9,12,22H,3-7,10-11,13H2,1-2H3,(H,23,25). The lowest BCUT2D eigenvalue weighted by molar-refractivity contribution is -0.121. The van der Waals surface area contributed by atoms with E-state index in [2.05, 4.69) is 16.7 Å². The van der Waals surface area contributed by atoms with Crippen molar-refractivity contribution in [3.8, 4) is 6.07 Å². The number of carbonyl (C=O) groups is 1. The first kappa shape index (κ1) is 22.5. The van der Waals surface area contributed by atoms with Gasteiger partial charge in [-0.15, -0.1) is 0 Å². The Morgan fingerprint density at radius 2 is 1.89 bits per heavy atom. The Hall–Kier alpha value is -1.82. The van der Waals surface area contributed by atoms with Crippen molar-refractivity contribution in [2.75, 3.05) is 25.0 Å². The van der Waals surface area contributed by atoms with Crippen molar-refractivity contribution >= 4 is 33.2 Å². The average molecular weight is 427 g/mol. The first-order valence-electron chi connectivity index (χ1n) is 9.54. The molecule has 1 fully saturated rings. The Balaban J connectivity index is 2.09. The SMILES string of the molecule is CCN(CC)S(=O)(=O)c1cc(NCC(=O)NC2(C#N)CCCCC2)ccc1Cl. The summed E-state index contributed by atoms with van der Waals surface area (Å²) in [4.78, 5) is 12.3. The monoisotopic (exact) mass is 426 g/mol. The molecule has 154 valence electrons. The molecule has 1 saturated carbocycles. The van der Waals surface area contributed by atoms with Gasteiger partial charge in [-0.25, -0.2) is 8.42 Å². The van der Waals surface area contributed by atoms with Gasteiger partial charge >= 0.3 is 0 Å². The molecule has 0 heterocycles. The lowest BCUT2D eigenvalue weighted by Gasteiger charge is -2.31. The van der Waals surface area contributed by atoms with E-state index >= 15 is 0 Å². The molecule has 0 saturated heterocycles. The number of hydrogen-bond acceptors (Lipinski definition) is 5. The minimum absolute atomic E-state index is 0.00375. The van der Waals surface area contributed by atoms with Crippen LogP contribution in [0.2, 0.25) is 5.02 Å². The van der Waals surface area contributed by atoms with Crippen molar-refractivity contribution in [1.29, 1.82) is 5.26 Å². The fourth-order valence-corrected chi connectivity index (χ4v) is 5.39. The van der Waals surface area contributed by atoms with Gasteiger partial charge in [0.1, 0.15) is 10.4 Å². The number of amides is 1. The molecule has 1 aliphatic carbocycles. The zero-order valence-electron chi connectivity index (χ0n) is 16.3. The summed E-state index contributed by atoms with van der Waals surface area (Å²) in [5, 5.41) is 15.3. The second-order valence-electron chi connectivity index (χ2n) is 6.89. The number of sulfonamides is 1. The Bertz CT molecular complexity index is 841. The number of hydrogen-bond donors (Lipinski definition) is 2. The maximum Gasteiger partial charge on any atom is 0.244 e. The first-order valence-corrected chi connectivity index (χ1v) is 11.4. The number of anilines is 1. The number of rotatable bonds is 8. The van der Waals surface area contributed by atoms with E-state index in [4.69, 9.17) is 11.6 Å². The van der Waals surface area contributed by atoms with Crippen molar-refractivity contribution in [3.05, 3.63) is 23.2 Å². The summed E-state index contributed by atoms with van der Waals surface area (Å²) in [6.45, 7) is 4.14. The molecule has 1 aliphatic rings. The lowest BCUT2D eigenvalue weighted by atomic mass is 9.83. The van der Waals surface area contributed by atoms with E-state index in [9.17, 15) is 18.5 Å². The number of carbonyl (C=O) groups excluding carboxylic acids is 1. The highest BCUT2D eigenvalue weighted by Gasteiger charge is 2.33. The van der Waals surface area contributed by atoms with E-state index in [1.54, 1.807) is 19.9 Å². The van der Waals surface area contributed by atoms with Gasteiger partial charge in [-0.05, 0) is 31.0 Å². The van der Waals surface area contributed by atoms with E-state index in [1.165, 1.54) is 16.4 Å². The normalized spacial score (nSPS) is 16.4. The molecule has 2 N–H and O–H groups in total. The minimum Gasteiger partial charge on any atom is -0.376 e. The van der Waals surface area contributed by atoms with Crippen molar-refractivity contribution in [1.82, 2.24) is 9.62 Å². The summed E-state index contributed by atoms with van der Waals surface area (Å²) >= 11 is 6.12. The third-order valence-electron chi connectivity index (χ3n) is 5.01. The fourth-order valence-electron chi connectivity index (χ4n) is 3.43. The summed E-state index contributed by atoms with van der Waals surface area (Å²) in [5.41, 5.74) is -0.325. The summed E-state index contributed by atoms with van der Waals surface area (Å²) < 4.78 is 26.8. The van der Waals surface area contributed by atoms with Crippen LogP contribution in [-0.2, 0) is 14.8 Å². The van der Waals surface area contributed by atoms with Crippen LogP contribution in [-0.4, -0.2) is 43.8 Å². The smallest absolute Gasteiger partial charge is 0.244 e. The van der Waals surface area contributed by atoms with Crippen LogP contribution in [0.3, 0.4) is 0 Å². The van der Waals surface area contributed by atoms with Crippen molar-refractivity contribution < 1.29 is 13.2 Å². The Morgan fingerprint density at radius 1 is 1.25 bits per heavy atom. The van der Waals surface area contributed by atoms with E-state index < -0.39 is 15.6 Å². The van der Waals surface area contributed by atoms with Crippen LogP contribution < -0.4 is 10.6 Å². The van der Waals surface area contributed by atoms with Crippen molar-refractivity contribution in [2.45, 2.75) is 56.4 Å². The molecule has 0 spiro atoms. The summed E-state index contributed by atoms with van der Waals surface area (Å²) in [7, 11) is -3.71. The van der Waals surface area contributed by atoms with Crippen LogP contribution >= 0.6 is 11.6 Å². The van der Waals surface area contributed by atoms with Crippen LogP contribution in [0.25, 0.3) is 0 Å². The summed E-state index contributed by atoms with van der Waals surface area (Å²) in [6, 6.07) is 6.80. The molecule has 28 heavy (non-hydrogen) atoms. The van der Waals surface area contributed by atoms with Crippen LogP contribution in [0.15, 0.2) is 23.1 Å².